The minimum Gasteiger partial charge on any atom is -0.366 e. The molecule has 0 saturated heterocycles. The number of nitrogens with one attached hydrogen (secondary N) is 2. The molecule has 9 heteroatoms. The Morgan fingerprint density at radius 2 is 2.00 bits per heavy atom. The summed E-state index contributed by atoms with van der Waals surface area (Å²) < 4.78 is 38.1. The van der Waals surface area contributed by atoms with Crippen molar-refractivity contribution in [2.75, 3.05) is 5.32 Å². The van der Waals surface area contributed by atoms with Crippen LogP contribution < -0.4 is 5.32 Å². The van der Waals surface area contributed by atoms with Gasteiger partial charge in [-0.3, -0.25) is 4.79 Å². The molecule has 0 aliphatic rings. The highest BCUT2D eigenvalue weighted by Gasteiger charge is 2.32. The van der Waals surface area contributed by atoms with Crippen LogP contribution in [0.4, 0.5) is 19.0 Å². The normalized spacial score (nSPS) is 11.7. The third kappa shape index (κ3) is 3.34. The fraction of sp³-hybridized carbons (Fsp3) is 0.200. The first-order valence-electron chi connectivity index (χ1n) is 6.94. The van der Waals surface area contributed by atoms with Crippen LogP contribution in [0, 0.1) is 0 Å². The molecule has 0 aliphatic carbocycles. The van der Waals surface area contributed by atoms with Gasteiger partial charge < -0.3 is 10.3 Å². The second-order valence-corrected chi connectivity index (χ2v) is 5.16. The van der Waals surface area contributed by atoms with Gasteiger partial charge in [0.15, 0.2) is 5.78 Å². The molecule has 0 aliphatic heterocycles. The van der Waals surface area contributed by atoms with E-state index in [0.717, 1.165) is 6.07 Å². The number of carbonyl (C=O) groups excluding carboxylic acids is 1. The Kier molecular flexibility index (Phi) is 3.92. The average Bonchev–Trinajstić information content (AvgIpc) is 2.96. The number of fused-ring (bicyclic) bond motifs is 1. The van der Waals surface area contributed by atoms with Gasteiger partial charge in [0.2, 0.25) is 0 Å². The van der Waals surface area contributed by atoms with E-state index in [4.69, 9.17) is 0 Å². The van der Waals surface area contributed by atoms with Gasteiger partial charge >= 0.3 is 6.18 Å². The Balaban J connectivity index is 1.78. The maximum atomic E-state index is 12.7. The van der Waals surface area contributed by atoms with Crippen molar-refractivity contribution in [3.05, 3.63) is 47.7 Å². The molecule has 3 heterocycles. The zero-order valence-electron chi connectivity index (χ0n) is 12.5. The molecule has 0 saturated carbocycles. The molecule has 24 heavy (non-hydrogen) atoms. The quantitative estimate of drug-likeness (QED) is 0.716. The van der Waals surface area contributed by atoms with Crippen LogP contribution in [0.1, 0.15) is 28.7 Å². The van der Waals surface area contributed by atoms with E-state index in [-0.39, 0.29) is 17.1 Å². The lowest BCUT2D eigenvalue weighted by Gasteiger charge is -2.06. The molecule has 3 aromatic heterocycles. The third-order valence-electron chi connectivity index (χ3n) is 3.33. The van der Waals surface area contributed by atoms with E-state index in [2.05, 4.69) is 25.3 Å². The number of halogens is 3. The molecule has 3 rings (SSSR count). The topological polar surface area (TPSA) is 83.6 Å². The molecule has 6 nitrogen and oxygen atoms in total. The number of anilines is 1. The Bertz CT molecular complexity index is 904. The number of ketones is 1. The lowest BCUT2D eigenvalue weighted by atomic mass is 10.2. The van der Waals surface area contributed by atoms with E-state index >= 15 is 0 Å². The van der Waals surface area contributed by atoms with E-state index in [1.165, 1.54) is 25.5 Å². The highest BCUT2D eigenvalue weighted by atomic mass is 19.4. The van der Waals surface area contributed by atoms with Crippen molar-refractivity contribution in [3.8, 4) is 0 Å². The summed E-state index contributed by atoms with van der Waals surface area (Å²) in [5.41, 5.74) is 0.295. The second-order valence-electron chi connectivity index (χ2n) is 5.16. The first-order valence-corrected chi connectivity index (χ1v) is 6.94. The Hall–Kier alpha value is -2.97. The Labute approximate surface area is 134 Å². The highest BCUT2D eigenvalue weighted by Crippen LogP contribution is 2.30. The van der Waals surface area contributed by atoms with Crippen LogP contribution in [0.5, 0.6) is 0 Å². The number of rotatable bonds is 4. The number of H-pyrrole nitrogens is 1. The molecule has 0 amide bonds. The smallest absolute Gasteiger partial charge is 0.366 e. The van der Waals surface area contributed by atoms with Gasteiger partial charge in [-0.25, -0.2) is 15.0 Å². The number of nitrogens with zero attached hydrogens (tertiary/aromatic N) is 3. The number of pyridine rings is 1. The number of Topliss-reactive ketones (excluding diaryl/α,β-unsaturated/α-hetero) is 1. The predicted molar refractivity (Wildman–Crippen MR) is 80.5 cm³/mol. The number of aromatic amines is 1. The van der Waals surface area contributed by atoms with E-state index in [0.29, 0.717) is 23.3 Å². The molecule has 3 aromatic rings. The van der Waals surface area contributed by atoms with Crippen molar-refractivity contribution in [2.24, 2.45) is 0 Å². The molecular formula is C15H12F3N5O. The minimum atomic E-state index is -4.44. The first kappa shape index (κ1) is 15.9. The molecule has 0 atom stereocenters. The van der Waals surface area contributed by atoms with Crippen LogP contribution in [0.2, 0.25) is 0 Å². The largest absolute Gasteiger partial charge is 0.431 e. The van der Waals surface area contributed by atoms with Gasteiger partial charge in [0, 0.05) is 31.1 Å². The van der Waals surface area contributed by atoms with Gasteiger partial charge in [-0.2, -0.15) is 13.2 Å². The van der Waals surface area contributed by atoms with Gasteiger partial charge in [-0.05, 0) is 17.7 Å². The summed E-state index contributed by atoms with van der Waals surface area (Å²) in [6, 6.07) is 4.13. The van der Waals surface area contributed by atoms with Crippen molar-refractivity contribution in [2.45, 2.75) is 19.6 Å². The lowest BCUT2D eigenvalue weighted by Crippen LogP contribution is -2.05. The van der Waals surface area contributed by atoms with Gasteiger partial charge in [-0.15, -0.1) is 0 Å². The summed E-state index contributed by atoms with van der Waals surface area (Å²) >= 11 is 0. The summed E-state index contributed by atoms with van der Waals surface area (Å²) in [5.74, 6) is 0.260. The number of aromatic nitrogens is 4. The standard InChI is InChI=1S/C15H12F3N5O/c1-8(24)11-4-13(22-7-21-11)19-5-9-2-10-3-12(15(16,17)18)23-14(10)20-6-9/h2-4,6-7H,5H2,1H3,(H,20,23)(H,19,21,22). The number of alkyl halides is 3. The lowest BCUT2D eigenvalue weighted by molar-refractivity contribution is -0.140. The van der Waals surface area contributed by atoms with Crippen molar-refractivity contribution in [1.82, 2.24) is 19.9 Å². The molecule has 2 N–H and O–H groups in total. The number of hydrogen-bond acceptors (Lipinski definition) is 5. The van der Waals surface area contributed by atoms with Gasteiger partial charge in [0.25, 0.3) is 0 Å². The molecule has 0 aromatic carbocycles. The third-order valence-corrected chi connectivity index (χ3v) is 3.33. The fourth-order valence-electron chi connectivity index (χ4n) is 2.15. The maximum Gasteiger partial charge on any atom is 0.431 e. The molecule has 0 fully saturated rings. The maximum absolute atomic E-state index is 12.7. The van der Waals surface area contributed by atoms with Crippen molar-refractivity contribution in [3.63, 3.8) is 0 Å². The molecule has 0 bridgehead atoms. The number of carbonyl (C=O) groups is 1. The molecule has 0 unspecified atom stereocenters. The Morgan fingerprint density at radius 3 is 2.71 bits per heavy atom. The van der Waals surface area contributed by atoms with Gasteiger partial charge in [0.05, 0.1) is 0 Å². The van der Waals surface area contributed by atoms with Crippen LogP contribution in [0.3, 0.4) is 0 Å². The fourth-order valence-corrected chi connectivity index (χ4v) is 2.15. The van der Waals surface area contributed by atoms with Gasteiger partial charge in [-0.1, -0.05) is 0 Å². The van der Waals surface area contributed by atoms with E-state index in [1.54, 1.807) is 6.07 Å². The van der Waals surface area contributed by atoms with Crippen LogP contribution in [0.15, 0.2) is 30.7 Å². The summed E-state index contributed by atoms with van der Waals surface area (Å²) in [7, 11) is 0. The SMILES string of the molecule is CC(=O)c1cc(NCc2cnc3[nH]c(C(F)(F)F)cc3c2)ncn1. The molecule has 0 spiro atoms. The van der Waals surface area contributed by atoms with E-state index in [1.807, 2.05) is 0 Å². The van der Waals surface area contributed by atoms with E-state index in [9.17, 15) is 18.0 Å². The van der Waals surface area contributed by atoms with Crippen molar-refractivity contribution in [1.29, 1.82) is 0 Å². The van der Waals surface area contributed by atoms with Crippen LogP contribution in [-0.4, -0.2) is 25.7 Å². The zero-order valence-corrected chi connectivity index (χ0v) is 12.5. The van der Waals surface area contributed by atoms with Crippen molar-refractivity contribution < 1.29 is 18.0 Å². The zero-order chi connectivity index (χ0) is 17.3. The highest BCUT2D eigenvalue weighted by molar-refractivity contribution is 5.92. The average molecular weight is 335 g/mol. The van der Waals surface area contributed by atoms with E-state index < -0.39 is 11.9 Å². The minimum absolute atomic E-state index is 0.173. The van der Waals surface area contributed by atoms with Crippen LogP contribution >= 0.6 is 0 Å². The van der Waals surface area contributed by atoms with Crippen LogP contribution in [-0.2, 0) is 12.7 Å². The van der Waals surface area contributed by atoms with Crippen molar-refractivity contribution >= 4 is 22.6 Å². The predicted octanol–water partition coefficient (Wildman–Crippen LogP) is 3.19. The van der Waals surface area contributed by atoms with Crippen LogP contribution in [0.25, 0.3) is 11.0 Å². The Morgan fingerprint density at radius 1 is 1.21 bits per heavy atom. The molecule has 124 valence electrons. The second kappa shape index (κ2) is 5.91. The summed E-state index contributed by atoms with van der Waals surface area (Å²) in [5, 5.41) is 3.35. The molecule has 0 radical (unpaired) electrons. The summed E-state index contributed by atoms with van der Waals surface area (Å²) in [6.07, 6.45) is -1.70. The molecular weight excluding hydrogens is 323 g/mol. The van der Waals surface area contributed by atoms with Gasteiger partial charge in [0.1, 0.15) is 29.2 Å². The number of hydrogen-bond donors (Lipinski definition) is 2. The first-order chi connectivity index (χ1) is 11.3. The monoisotopic (exact) mass is 335 g/mol. The summed E-state index contributed by atoms with van der Waals surface area (Å²) in [6.45, 7) is 1.69. The summed E-state index contributed by atoms with van der Waals surface area (Å²) in [4.78, 5) is 25.3.